The van der Waals surface area contributed by atoms with Crippen LogP contribution in [0.1, 0.15) is 23.1 Å². The molecule has 2 rings (SSSR count). The molecule has 1 N–H and O–H groups in total. The molecule has 1 aromatic carbocycles. The van der Waals surface area contributed by atoms with Gasteiger partial charge < -0.3 is 5.32 Å². The van der Waals surface area contributed by atoms with Crippen LogP contribution in [0.15, 0.2) is 18.2 Å². The summed E-state index contributed by atoms with van der Waals surface area (Å²) in [6.07, 6.45) is -3.28. The molecule has 0 amide bonds. The maximum absolute atomic E-state index is 13.0. The van der Waals surface area contributed by atoms with Gasteiger partial charge in [-0.15, -0.1) is 0 Å². The van der Waals surface area contributed by atoms with Gasteiger partial charge in [-0.05, 0) is 32.0 Å². The molecule has 0 bridgehead atoms. The summed E-state index contributed by atoms with van der Waals surface area (Å²) in [5.74, 6) is 0. The third-order valence-corrected chi connectivity index (χ3v) is 3.65. The molecule has 1 aromatic rings. The van der Waals surface area contributed by atoms with Crippen LogP contribution in [0.3, 0.4) is 0 Å². The Morgan fingerprint density at radius 1 is 1.37 bits per heavy atom. The number of likely N-dealkylation sites (tertiary alicyclic amines) is 1. The number of alkyl halides is 3. The van der Waals surface area contributed by atoms with Crippen molar-refractivity contribution < 1.29 is 13.2 Å². The molecule has 106 valence electrons. The van der Waals surface area contributed by atoms with Crippen molar-refractivity contribution >= 4 is 0 Å². The third-order valence-electron chi connectivity index (χ3n) is 3.65. The first kappa shape index (κ1) is 14.3. The second kappa shape index (κ2) is 5.51. The third kappa shape index (κ3) is 3.48. The number of aryl methyl sites for hydroxylation is 1. The highest BCUT2D eigenvalue weighted by molar-refractivity contribution is 5.33. The lowest BCUT2D eigenvalue weighted by atomic mass is 10.0. The summed E-state index contributed by atoms with van der Waals surface area (Å²) < 4.78 is 39.0. The van der Waals surface area contributed by atoms with Crippen LogP contribution in [-0.2, 0) is 12.7 Å². The summed E-state index contributed by atoms with van der Waals surface area (Å²) in [5.41, 5.74) is 0.515. The van der Waals surface area contributed by atoms with E-state index in [4.69, 9.17) is 0 Å². The van der Waals surface area contributed by atoms with Crippen molar-refractivity contribution in [1.29, 1.82) is 0 Å². The average Bonchev–Trinajstić information content (AvgIpc) is 2.78. The Morgan fingerprint density at radius 2 is 2.11 bits per heavy atom. The van der Waals surface area contributed by atoms with Crippen molar-refractivity contribution in [3.63, 3.8) is 0 Å². The fourth-order valence-corrected chi connectivity index (χ4v) is 2.54. The van der Waals surface area contributed by atoms with Crippen LogP contribution in [0.5, 0.6) is 0 Å². The van der Waals surface area contributed by atoms with Crippen molar-refractivity contribution in [2.24, 2.45) is 0 Å². The SMILES string of the molecule is CN[C@H]1CCN(Cc2ccc(C)cc2C(F)(F)F)C1. The predicted molar refractivity (Wildman–Crippen MR) is 68.9 cm³/mol. The Kier molecular flexibility index (Phi) is 4.16. The van der Waals surface area contributed by atoms with E-state index in [2.05, 4.69) is 10.2 Å². The Bertz CT molecular complexity index is 443. The Morgan fingerprint density at radius 3 is 2.68 bits per heavy atom. The maximum atomic E-state index is 13.0. The van der Waals surface area contributed by atoms with Gasteiger partial charge in [0.15, 0.2) is 0 Å². The topological polar surface area (TPSA) is 15.3 Å². The lowest BCUT2D eigenvalue weighted by molar-refractivity contribution is -0.138. The zero-order valence-corrected chi connectivity index (χ0v) is 11.2. The zero-order chi connectivity index (χ0) is 14.0. The van der Waals surface area contributed by atoms with Gasteiger partial charge in [0.05, 0.1) is 5.56 Å². The molecule has 19 heavy (non-hydrogen) atoms. The highest BCUT2D eigenvalue weighted by atomic mass is 19.4. The van der Waals surface area contributed by atoms with E-state index in [1.807, 2.05) is 7.05 Å². The number of benzene rings is 1. The zero-order valence-electron chi connectivity index (χ0n) is 11.2. The van der Waals surface area contributed by atoms with Crippen LogP contribution < -0.4 is 5.32 Å². The second-order valence-electron chi connectivity index (χ2n) is 5.17. The molecule has 0 spiro atoms. The first-order chi connectivity index (χ1) is 8.90. The first-order valence-electron chi connectivity index (χ1n) is 6.46. The Balaban J connectivity index is 2.16. The molecule has 1 aliphatic rings. The van der Waals surface area contributed by atoms with Crippen LogP contribution in [0.25, 0.3) is 0 Å². The molecule has 0 saturated carbocycles. The summed E-state index contributed by atoms with van der Waals surface area (Å²) in [4.78, 5) is 2.07. The molecule has 1 atom stereocenters. The molecule has 1 heterocycles. The summed E-state index contributed by atoms with van der Waals surface area (Å²) in [5, 5.41) is 3.17. The maximum Gasteiger partial charge on any atom is 0.416 e. The van der Waals surface area contributed by atoms with Gasteiger partial charge in [0.2, 0.25) is 0 Å². The Hall–Kier alpha value is -1.07. The Labute approximate surface area is 111 Å². The molecule has 0 aromatic heterocycles. The minimum absolute atomic E-state index is 0.368. The summed E-state index contributed by atoms with van der Waals surface area (Å²) in [6, 6.07) is 4.97. The molecule has 0 unspecified atom stereocenters. The number of likely N-dealkylation sites (N-methyl/N-ethyl adjacent to an activating group) is 1. The van der Waals surface area contributed by atoms with Gasteiger partial charge in [-0.25, -0.2) is 0 Å². The van der Waals surface area contributed by atoms with Crippen LogP contribution in [-0.4, -0.2) is 31.1 Å². The molecular weight excluding hydrogens is 253 g/mol. The van der Waals surface area contributed by atoms with E-state index in [1.165, 1.54) is 6.07 Å². The van der Waals surface area contributed by atoms with Gasteiger partial charge >= 0.3 is 6.18 Å². The fourth-order valence-electron chi connectivity index (χ4n) is 2.54. The largest absolute Gasteiger partial charge is 0.416 e. The fraction of sp³-hybridized carbons (Fsp3) is 0.571. The number of rotatable bonds is 3. The monoisotopic (exact) mass is 272 g/mol. The molecule has 1 fully saturated rings. The van der Waals surface area contributed by atoms with E-state index >= 15 is 0 Å². The van der Waals surface area contributed by atoms with Crippen molar-refractivity contribution in [2.75, 3.05) is 20.1 Å². The summed E-state index contributed by atoms with van der Waals surface area (Å²) in [7, 11) is 1.89. The van der Waals surface area contributed by atoms with E-state index in [-0.39, 0.29) is 0 Å². The number of nitrogens with zero attached hydrogens (tertiary/aromatic N) is 1. The first-order valence-corrected chi connectivity index (χ1v) is 6.46. The lowest BCUT2D eigenvalue weighted by Crippen LogP contribution is -2.29. The minimum atomic E-state index is -4.27. The van der Waals surface area contributed by atoms with E-state index in [0.717, 1.165) is 19.5 Å². The van der Waals surface area contributed by atoms with Gasteiger partial charge in [0.25, 0.3) is 0 Å². The smallest absolute Gasteiger partial charge is 0.316 e. The predicted octanol–water partition coefficient (Wildman–Crippen LogP) is 2.81. The van der Waals surface area contributed by atoms with E-state index in [9.17, 15) is 13.2 Å². The molecule has 1 saturated heterocycles. The van der Waals surface area contributed by atoms with E-state index < -0.39 is 11.7 Å². The van der Waals surface area contributed by atoms with Crippen LogP contribution in [0, 0.1) is 6.92 Å². The normalized spacial score (nSPS) is 21.0. The molecule has 1 aliphatic heterocycles. The number of hydrogen-bond donors (Lipinski definition) is 1. The van der Waals surface area contributed by atoms with Gasteiger partial charge in [0, 0.05) is 25.7 Å². The molecule has 0 aliphatic carbocycles. The van der Waals surface area contributed by atoms with E-state index in [0.29, 0.717) is 23.7 Å². The average molecular weight is 272 g/mol. The van der Waals surface area contributed by atoms with Crippen LogP contribution in [0.2, 0.25) is 0 Å². The van der Waals surface area contributed by atoms with Gasteiger partial charge in [0.1, 0.15) is 0 Å². The van der Waals surface area contributed by atoms with Crippen molar-refractivity contribution in [2.45, 2.75) is 32.1 Å². The second-order valence-corrected chi connectivity index (χ2v) is 5.17. The van der Waals surface area contributed by atoms with Gasteiger partial charge in [-0.1, -0.05) is 17.7 Å². The van der Waals surface area contributed by atoms with Crippen molar-refractivity contribution in [3.05, 3.63) is 34.9 Å². The molecule has 0 radical (unpaired) electrons. The number of nitrogens with one attached hydrogen (secondary N) is 1. The van der Waals surface area contributed by atoms with Crippen molar-refractivity contribution in [1.82, 2.24) is 10.2 Å². The van der Waals surface area contributed by atoms with Crippen LogP contribution in [0.4, 0.5) is 13.2 Å². The quantitative estimate of drug-likeness (QED) is 0.910. The minimum Gasteiger partial charge on any atom is -0.316 e. The van der Waals surface area contributed by atoms with Gasteiger partial charge in [-0.2, -0.15) is 13.2 Å². The standard InChI is InChI=1S/C14H19F3N2/c1-10-3-4-11(13(7-10)14(15,16)17)8-19-6-5-12(9-19)18-2/h3-4,7,12,18H,5-6,8-9H2,1-2H3/t12-/m0/s1. The van der Waals surface area contributed by atoms with Crippen LogP contribution >= 0.6 is 0 Å². The van der Waals surface area contributed by atoms with Crippen molar-refractivity contribution in [3.8, 4) is 0 Å². The molecule has 2 nitrogen and oxygen atoms in total. The summed E-state index contributed by atoms with van der Waals surface area (Å²) >= 11 is 0. The van der Waals surface area contributed by atoms with Gasteiger partial charge in [-0.3, -0.25) is 4.90 Å². The molecular formula is C14H19F3N2. The number of halogens is 3. The lowest BCUT2D eigenvalue weighted by Gasteiger charge is -2.20. The summed E-state index contributed by atoms with van der Waals surface area (Å²) in [6.45, 7) is 3.71. The highest BCUT2D eigenvalue weighted by Gasteiger charge is 2.34. The molecule has 5 heteroatoms. The van der Waals surface area contributed by atoms with E-state index in [1.54, 1.807) is 19.1 Å². The number of hydrogen-bond acceptors (Lipinski definition) is 2. The highest BCUT2D eigenvalue weighted by Crippen LogP contribution is 2.33.